The fourth-order valence-electron chi connectivity index (χ4n) is 6.97. The number of carbonyl (C=O) groups is 3. The average Bonchev–Trinajstić information content (AvgIpc) is 3.79. The molecule has 7 rings (SSSR count). The maximum absolute atomic E-state index is 13.8. The van der Waals surface area contributed by atoms with Crippen molar-refractivity contribution >= 4 is 77.4 Å². The number of benzene rings is 3. The SMILES string of the molecule is CC(Cl)N1C(=O)[C@H]([C@@H](C)O[Si](C)(C)C(C)(C)C)[C@H]1[C@@H](C)C(=O)c1cn2cnc(C(=O)c3cccnc3)c2s1.c1ccc(P(c2ccccc2)c2ccccc2)cc1. The lowest BCUT2D eigenvalue weighted by Gasteiger charge is -2.54. The molecular formula is C45H50ClN4O4PSSi. The second-order valence-electron chi connectivity index (χ2n) is 15.9. The van der Waals surface area contributed by atoms with E-state index >= 15 is 0 Å². The Balaban J connectivity index is 0.000000240. The lowest BCUT2D eigenvalue weighted by atomic mass is 9.75. The van der Waals surface area contributed by atoms with Gasteiger partial charge in [0.15, 0.2) is 14.1 Å². The summed E-state index contributed by atoms with van der Waals surface area (Å²) in [5.74, 6) is -1.42. The third kappa shape index (κ3) is 9.06. The van der Waals surface area contributed by atoms with Gasteiger partial charge in [0.05, 0.1) is 22.9 Å². The van der Waals surface area contributed by atoms with Gasteiger partial charge in [0.1, 0.15) is 22.4 Å². The van der Waals surface area contributed by atoms with Gasteiger partial charge >= 0.3 is 0 Å². The van der Waals surface area contributed by atoms with E-state index in [4.69, 9.17) is 16.0 Å². The minimum absolute atomic E-state index is 0.0117. The highest BCUT2D eigenvalue weighted by molar-refractivity contribution is 7.79. The van der Waals surface area contributed by atoms with Crippen molar-refractivity contribution in [1.29, 1.82) is 0 Å². The number of carbonyl (C=O) groups excluding carboxylic acids is 3. The summed E-state index contributed by atoms with van der Waals surface area (Å²) in [6.45, 7) is 16.3. The molecule has 0 radical (unpaired) electrons. The maximum atomic E-state index is 13.8. The molecule has 5 atom stereocenters. The molecule has 0 spiro atoms. The van der Waals surface area contributed by atoms with Crippen molar-refractivity contribution in [3.63, 3.8) is 0 Å². The van der Waals surface area contributed by atoms with Crippen LogP contribution in [0, 0.1) is 11.8 Å². The predicted molar refractivity (Wildman–Crippen MR) is 237 cm³/mol. The van der Waals surface area contributed by atoms with Crippen LogP contribution in [0.1, 0.15) is 67.3 Å². The monoisotopic (exact) mass is 836 g/mol. The van der Waals surface area contributed by atoms with Crippen molar-refractivity contribution in [2.24, 2.45) is 11.8 Å². The number of hydrogen-bond acceptors (Lipinski definition) is 7. The third-order valence-electron chi connectivity index (χ3n) is 11.0. The van der Waals surface area contributed by atoms with Crippen LogP contribution < -0.4 is 15.9 Å². The number of halogens is 1. The highest BCUT2D eigenvalue weighted by atomic mass is 35.5. The number of Topliss-reactive ketones (excluding diaryl/α,β-unsaturated/α-hetero) is 1. The number of imidazole rings is 1. The summed E-state index contributed by atoms with van der Waals surface area (Å²) in [5, 5.41) is 4.18. The zero-order valence-corrected chi connectivity index (χ0v) is 37.1. The molecule has 4 heterocycles. The molecular weight excluding hydrogens is 787 g/mol. The molecule has 1 unspecified atom stereocenters. The highest BCUT2D eigenvalue weighted by Crippen LogP contribution is 2.44. The molecule has 0 bridgehead atoms. The van der Waals surface area contributed by atoms with Crippen LogP contribution in [-0.2, 0) is 9.22 Å². The van der Waals surface area contributed by atoms with Crippen LogP contribution >= 0.6 is 30.9 Å². The summed E-state index contributed by atoms with van der Waals surface area (Å²) in [6, 6.07) is 35.3. The van der Waals surface area contributed by atoms with E-state index in [0.29, 0.717) is 15.3 Å². The van der Waals surface area contributed by atoms with E-state index in [9.17, 15) is 14.4 Å². The van der Waals surface area contributed by atoms with Crippen LogP contribution in [0.15, 0.2) is 128 Å². The van der Waals surface area contributed by atoms with Gasteiger partial charge in [0, 0.05) is 30.1 Å². The van der Waals surface area contributed by atoms with E-state index in [2.05, 4.69) is 135 Å². The minimum Gasteiger partial charge on any atom is -0.413 e. The quantitative estimate of drug-likeness (QED) is 0.0305. The Kier molecular flexibility index (Phi) is 13.1. The van der Waals surface area contributed by atoms with Crippen molar-refractivity contribution in [3.05, 3.63) is 144 Å². The average molecular weight is 837 g/mol. The minimum atomic E-state index is -2.14. The van der Waals surface area contributed by atoms with Gasteiger partial charge < -0.3 is 9.33 Å². The Morgan fingerprint density at radius 1 is 0.860 bits per heavy atom. The number of aromatic nitrogens is 3. The van der Waals surface area contributed by atoms with Crippen LogP contribution in [0.5, 0.6) is 0 Å². The van der Waals surface area contributed by atoms with Crippen LogP contribution in [0.25, 0.3) is 4.83 Å². The first-order valence-electron chi connectivity index (χ1n) is 19.2. The molecule has 0 N–H and O–H groups in total. The summed E-state index contributed by atoms with van der Waals surface area (Å²) < 4.78 is 8.27. The summed E-state index contributed by atoms with van der Waals surface area (Å²) in [6.07, 6.45) is 5.99. The van der Waals surface area contributed by atoms with Gasteiger partial charge in [-0.05, 0) is 67.9 Å². The number of fused-ring (bicyclic) bond motifs is 1. The predicted octanol–water partition coefficient (Wildman–Crippen LogP) is 9.11. The van der Waals surface area contributed by atoms with Gasteiger partial charge in [-0.1, -0.05) is 130 Å². The first-order chi connectivity index (χ1) is 27.1. The van der Waals surface area contributed by atoms with Crippen molar-refractivity contribution in [3.8, 4) is 0 Å². The summed E-state index contributed by atoms with van der Waals surface area (Å²) >= 11 is 7.63. The van der Waals surface area contributed by atoms with Gasteiger partial charge in [-0.25, -0.2) is 4.98 Å². The van der Waals surface area contributed by atoms with Crippen LogP contribution in [0.2, 0.25) is 18.1 Å². The Morgan fingerprint density at radius 2 is 1.40 bits per heavy atom. The number of nitrogens with zero attached hydrogens (tertiary/aromatic N) is 4. The largest absolute Gasteiger partial charge is 0.413 e. The molecule has 1 aliphatic rings. The number of alkyl halides is 1. The lowest BCUT2D eigenvalue weighted by Crippen LogP contribution is -2.69. The number of amides is 1. The van der Waals surface area contributed by atoms with Crippen molar-refractivity contribution in [2.75, 3.05) is 0 Å². The standard InChI is InChI=1S/C27H35ClN4O4SSi.C18H15P/c1-15(22-20(25(35)32(22)17(3)28)16(2)36-38(7,8)27(4,5)6)23(33)19-13-31-14-30-21(26(31)37-19)24(34)18-10-9-11-29-12-18;1-4-10-16(11-5-1)19(17-12-6-2-7-13-17)18-14-8-3-9-15-18/h9-17,20,22H,1-8H3;1-15H/t15-,16-,17?,20-,22-;/m1./s1. The molecule has 1 aliphatic heterocycles. The molecule has 1 amide bonds. The summed E-state index contributed by atoms with van der Waals surface area (Å²) in [7, 11) is -2.59. The molecule has 3 aromatic carbocycles. The topological polar surface area (TPSA) is 93.9 Å². The number of pyridine rings is 1. The molecule has 0 aliphatic carbocycles. The van der Waals surface area contributed by atoms with Gasteiger partial charge in [-0.15, -0.1) is 11.3 Å². The number of ketones is 2. The normalized spacial score (nSPS) is 17.4. The second kappa shape index (κ2) is 17.7. The van der Waals surface area contributed by atoms with E-state index in [1.807, 2.05) is 13.8 Å². The molecule has 296 valence electrons. The van der Waals surface area contributed by atoms with Crippen LogP contribution in [0.4, 0.5) is 0 Å². The number of thiazole rings is 1. The molecule has 1 saturated heterocycles. The summed E-state index contributed by atoms with van der Waals surface area (Å²) in [5.41, 5.74) is 0.158. The Labute approximate surface area is 347 Å². The molecule has 12 heteroatoms. The number of hydrogen-bond donors (Lipinski definition) is 0. The van der Waals surface area contributed by atoms with Gasteiger partial charge in [-0.3, -0.25) is 23.8 Å². The van der Waals surface area contributed by atoms with Crippen LogP contribution in [-0.4, -0.2) is 62.7 Å². The molecule has 6 aromatic rings. The second-order valence-corrected chi connectivity index (χ2v) is 24.5. The smallest absolute Gasteiger partial charge is 0.231 e. The molecule has 0 saturated carbocycles. The van der Waals surface area contributed by atoms with Gasteiger partial charge in [0.25, 0.3) is 0 Å². The number of likely N-dealkylation sites (tertiary alicyclic amines) is 1. The molecule has 57 heavy (non-hydrogen) atoms. The Morgan fingerprint density at radius 3 is 1.88 bits per heavy atom. The number of β-lactam (4-membered cyclic amide) rings is 1. The van der Waals surface area contributed by atoms with E-state index in [1.165, 1.54) is 39.8 Å². The Hall–Kier alpha value is -4.31. The first kappa shape index (κ1) is 42.3. The molecule has 1 fully saturated rings. The fourth-order valence-corrected chi connectivity index (χ4v) is 12.0. The van der Waals surface area contributed by atoms with Crippen molar-refractivity contribution in [2.45, 2.75) is 77.3 Å². The lowest BCUT2D eigenvalue weighted by molar-refractivity contribution is -0.167. The first-order valence-corrected chi connectivity index (χ1v) is 24.7. The molecule has 8 nitrogen and oxygen atoms in total. The van der Waals surface area contributed by atoms with E-state index < -0.39 is 39.6 Å². The molecule has 3 aromatic heterocycles. The van der Waals surface area contributed by atoms with Crippen molar-refractivity contribution < 1.29 is 18.8 Å². The fraction of sp³-hybridized carbons (Fsp3) is 0.311. The van der Waals surface area contributed by atoms with E-state index in [-0.39, 0.29) is 34.3 Å². The number of rotatable bonds is 12. The third-order valence-corrected chi connectivity index (χ3v) is 19.3. The Bertz CT molecular complexity index is 2210. The summed E-state index contributed by atoms with van der Waals surface area (Å²) in [4.78, 5) is 50.9. The zero-order valence-electron chi connectivity index (χ0n) is 33.7. The van der Waals surface area contributed by atoms with E-state index in [0.717, 1.165) is 0 Å². The zero-order chi connectivity index (χ0) is 41.1. The highest BCUT2D eigenvalue weighted by Gasteiger charge is 2.56. The van der Waals surface area contributed by atoms with E-state index in [1.54, 1.807) is 40.8 Å². The van der Waals surface area contributed by atoms with Gasteiger partial charge in [-0.2, -0.15) is 0 Å². The van der Waals surface area contributed by atoms with Crippen LogP contribution in [0.3, 0.4) is 0 Å². The van der Waals surface area contributed by atoms with Crippen molar-refractivity contribution in [1.82, 2.24) is 19.3 Å². The van der Waals surface area contributed by atoms with Gasteiger partial charge in [0.2, 0.25) is 11.7 Å². The maximum Gasteiger partial charge on any atom is 0.231 e.